The first-order valence-electron chi connectivity index (χ1n) is 7.61. The standard InChI is InChI=1S/C16H26N2O3S/c1-4-5-11-17-16(19)10-12-18(22(3,20)21)13-15-9-7-6-8-14(15)2/h6-9H,4-5,10-13H2,1-3H3,(H,17,19). The van der Waals surface area contributed by atoms with Crippen LogP contribution in [0.25, 0.3) is 0 Å². The molecule has 6 heteroatoms. The van der Waals surface area contributed by atoms with Gasteiger partial charge in [-0.15, -0.1) is 0 Å². The van der Waals surface area contributed by atoms with Gasteiger partial charge in [0.05, 0.1) is 6.26 Å². The average molecular weight is 326 g/mol. The van der Waals surface area contributed by atoms with E-state index in [1.54, 1.807) is 0 Å². The lowest BCUT2D eigenvalue weighted by Gasteiger charge is -2.20. The number of hydrogen-bond acceptors (Lipinski definition) is 3. The van der Waals surface area contributed by atoms with Crippen LogP contribution in [0.4, 0.5) is 0 Å². The summed E-state index contributed by atoms with van der Waals surface area (Å²) >= 11 is 0. The molecule has 5 nitrogen and oxygen atoms in total. The first-order chi connectivity index (χ1) is 10.3. The third-order valence-corrected chi connectivity index (χ3v) is 4.77. The van der Waals surface area contributed by atoms with Gasteiger partial charge in [0.2, 0.25) is 15.9 Å². The molecule has 0 saturated heterocycles. The van der Waals surface area contributed by atoms with Crippen molar-refractivity contribution in [1.82, 2.24) is 9.62 Å². The Morgan fingerprint density at radius 1 is 1.27 bits per heavy atom. The summed E-state index contributed by atoms with van der Waals surface area (Å²) in [6.07, 6.45) is 3.32. The molecule has 1 N–H and O–H groups in total. The molecule has 0 bridgehead atoms. The number of amides is 1. The van der Waals surface area contributed by atoms with Crippen LogP contribution in [0.15, 0.2) is 24.3 Å². The van der Waals surface area contributed by atoms with Gasteiger partial charge in [-0.1, -0.05) is 37.6 Å². The highest BCUT2D eigenvalue weighted by Crippen LogP contribution is 2.13. The van der Waals surface area contributed by atoms with Crippen molar-refractivity contribution >= 4 is 15.9 Å². The minimum absolute atomic E-state index is 0.105. The van der Waals surface area contributed by atoms with Gasteiger partial charge in [0.15, 0.2) is 0 Å². The molecular formula is C16H26N2O3S. The van der Waals surface area contributed by atoms with E-state index in [4.69, 9.17) is 0 Å². The van der Waals surface area contributed by atoms with Gasteiger partial charge < -0.3 is 5.32 Å². The predicted molar refractivity (Wildman–Crippen MR) is 89.0 cm³/mol. The van der Waals surface area contributed by atoms with E-state index in [0.29, 0.717) is 13.1 Å². The summed E-state index contributed by atoms with van der Waals surface area (Å²) in [4.78, 5) is 11.7. The zero-order valence-electron chi connectivity index (χ0n) is 13.6. The van der Waals surface area contributed by atoms with Crippen molar-refractivity contribution in [3.8, 4) is 0 Å². The molecule has 0 aliphatic heterocycles. The SMILES string of the molecule is CCCCNC(=O)CCN(Cc1ccccc1C)S(C)(=O)=O. The van der Waals surface area contributed by atoms with Crippen LogP contribution in [0, 0.1) is 6.92 Å². The number of carbonyl (C=O) groups excluding carboxylic acids is 1. The van der Waals surface area contributed by atoms with Crippen LogP contribution in [0.5, 0.6) is 0 Å². The first-order valence-corrected chi connectivity index (χ1v) is 9.45. The number of nitrogens with one attached hydrogen (secondary N) is 1. The highest BCUT2D eigenvalue weighted by Gasteiger charge is 2.18. The number of nitrogens with zero attached hydrogens (tertiary/aromatic N) is 1. The van der Waals surface area contributed by atoms with E-state index >= 15 is 0 Å². The molecule has 0 saturated carbocycles. The number of hydrogen-bond donors (Lipinski definition) is 1. The molecule has 0 aromatic heterocycles. The van der Waals surface area contributed by atoms with Gasteiger partial charge >= 0.3 is 0 Å². The Morgan fingerprint density at radius 2 is 1.95 bits per heavy atom. The zero-order chi connectivity index (χ0) is 16.6. The van der Waals surface area contributed by atoms with E-state index in [1.165, 1.54) is 10.6 Å². The van der Waals surface area contributed by atoms with Crippen molar-refractivity contribution < 1.29 is 13.2 Å². The molecule has 0 heterocycles. The molecule has 1 amide bonds. The Morgan fingerprint density at radius 3 is 2.55 bits per heavy atom. The summed E-state index contributed by atoms with van der Waals surface area (Å²) in [5, 5.41) is 2.81. The molecule has 0 atom stereocenters. The van der Waals surface area contributed by atoms with Crippen LogP contribution in [-0.4, -0.2) is 38.0 Å². The molecule has 1 rings (SSSR count). The first kappa shape index (κ1) is 18.6. The summed E-state index contributed by atoms with van der Waals surface area (Å²) in [5.41, 5.74) is 2.00. The van der Waals surface area contributed by atoms with Crippen LogP contribution in [0.2, 0.25) is 0 Å². The molecule has 1 aromatic carbocycles. The van der Waals surface area contributed by atoms with Crippen LogP contribution in [0.3, 0.4) is 0 Å². The number of sulfonamides is 1. The minimum Gasteiger partial charge on any atom is -0.356 e. The van der Waals surface area contributed by atoms with Crippen molar-refractivity contribution in [3.05, 3.63) is 35.4 Å². The van der Waals surface area contributed by atoms with Crippen molar-refractivity contribution in [3.63, 3.8) is 0 Å². The monoisotopic (exact) mass is 326 g/mol. The molecule has 0 radical (unpaired) electrons. The third kappa shape index (κ3) is 6.58. The Bertz CT molecular complexity index is 585. The van der Waals surface area contributed by atoms with Crippen molar-refractivity contribution in [2.24, 2.45) is 0 Å². The Balaban J connectivity index is 2.63. The summed E-state index contributed by atoms with van der Waals surface area (Å²) in [5.74, 6) is -0.105. The Kier molecular flexibility index (Phi) is 7.55. The average Bonchev–Trinajstić information content (AvgIpc) is 2.44. The smallest absolute Gasteiger partial charge is 0.221 e. The normalized spacial score (nSPS) is 11.6. The van der Waals surface area contributed by atoms with Gasteiger partial charge in [-0.3, -0.25) is 4.79 Å². The van der Waals surface area contributed by atoms with E-state index in [9.17, 15) is 13.2 Å². The van der Waals surface area contributed by atoms with Crippen LogP contribution >= 0.6 is 0 Å². The van der Waals surface area contributed by atoms with Gasteiger partial charge in [-0.05, 0) is 24.5 Å². The van der Waals surface area contributed by atoms with Crippen molar-refractivity contribution in [2.75, 3.05) is 19.3 Å². The second-order valence-electron chi connectivity index (χ2n) is 5.48. The molecular weight excluding hydrogens is 300 g/mol. The van der Waals surface area contributed by atoms with Crippen LogP contribution in [0.1, 0.15) is 37.3 Å². The van der Waals surface area contributed by atoms with Crippen molar-refractivity contribution in [2.45, 2.75) is 39.7 Å². The molecule has 22 heavy (non-hydrogen) atoms. The predicted octanol–water partition coefficient (Wildman–Crippen LogP) is 2.06. The van der Waals surface area contributed by atoms with E-state index in [2.05, 4.69) is 12.2 Å². The fraction of sp³-hybridized carbons (Fsp3) is 0.562. The lowest BCUT2D eigenvalue weighted by atomic mass is 10.1. The van der Waals surface area contributed by atoms with Gasteiger partial charge in [0.1, 0.15) is 0 Å². The number of aryl methyl sites for hydroxylation is 1. The lowest BCUT2D eigenvalue weighted by molar-refractivity contribution is -0.121. The van der Waals surface area contributed by atoms with Gasteiger partial charge in [0.25, 0.3) is 0 Å². The fourth-order valence-electron chi connectivity index (χ4n) is 2.06. The molecule has 0 aliphatic rings. The summed E-state index contributed by atoms with van der Waals surface area (Å²) in [6.45, 7) is 5.15. The minimum atomic E-state index is -3.35. The fourth-order valence-corrected chi connectivity index (χ4v) is 2.86. The van der Waals surface area contributed by atoms with E-state index in [1.807, 2.05) is 31.2 Å². The summed E-state index contributed by atoms with van der Waals surface area (Å²) in [6, 6.07) is 7.67. The Labute approximate surface area is 133 Å². The van der Waals surface area contributed by atoms with Gasteiger partial charge in [-0.25, -0.2) is 8.42 Å². The molecule has 0 spiro atoms. The van der Waals surface area contributed by atoms with Crippen LogP contribution in [-0.2, 0) is 21.4 Å². The van der Waals surface area contributed by atoms with Gasteiger partial charge in [0, 0.05) is 26.1 Å². The summed E-state index contributed by atoms with van der Waals surface area (Å²) in [7, 11) is -3.35. The van der Waals surface area contributed by atoms with Crippen molar-refractivity contribution in [1.29, 1.82) is 0 Å². The number of unbranched alkanes of at least 4 members (excludes halogenated alkanes) is 1. The molecule has 0 unspecified atom stereocenters. The molecule has 1 aromatic rings. The largest absolute Gasteiger partial charge is 0.356 e. The quantitative estimate of drug-likeness (QED) is 0.706. The molecule has 0 fully saturated rings. The molecule has 0 aliphatic carbocycles. The van der Waals surface area contributed by atoms with E-state index < -0.39 is 10.0 Å². The topological polar surface area (TPSA) is 66.5 Å². The third-order valence-electron chi connectivity index (χ3n) is 3.52. The van der Waals surface area contributed by atoms with Crippen LogP contribution < -0.4 is 5.32 Å². The second kappa shape index (κ2) is 8.90. The number of carbonyl (C=O) groups is 1. The highest BCUT2D eigenvalue weighted by molar-refractivity contribution is 7.88. The maximum atomic E-state index is 11.9. The summed E-state index contributed by atoms with van der Waals surface area (Å²) < 4.78 is 25.2. The zero-order valence-corrected chi connectivity index (χ0v) is 14.4. The van der Waals surface area contributed by atoms with E-state index in [-0.39, 0.29) is 18.9 Å². The maximum absolute atomic E-state index is 11.9. The maximum Gasteiger partial charge on any atom is 0.221 e. The number of rotatable bonds is 9. The highest BCUT2D eigenvalue weighted by atomic mass is 32.2. The Hall–Kier alpha value is -1.40. The van der Waals surface area contributed by atoms with E-state index in [0.717, 1.165) is 24.0 Å². The lowest BCUT2D eigenvalue weighted by Crippen LogP contribution is -2.34. The molecule has 124 valence electrons. The van der Waals surface area contributed by atoms with Gasteiger partial charge in [-0.2, -0.15) is 4.31 Å². The second-order valence-corrected chi connectivity index (χ2v) is 7.46. The number of benzene rings is 1.